The van der Waals surface area contributed by atoms with Gasteiger partial charge in [0.25, 0.3) is 11.6 Å². The summed E-state index contributed by atoms with van der Waals surface area (Å²) in [5.41, 5.74) is -0.402. The van der Waals surface area contributed by atoms with E-state index in [4.69, 9.17) is 4.74 Å². The first-order chi connectivity index (χ1) is 14.4. The SMILES string of the molecule is Cc1ccc(C2=NN(C(=O)COc3cc(C)ccc3C(C)C)[C@](O)(C(F)(F)F)C2)cc1. The fraction of sp³-hybridized carbons (Fsp3) is 0.391. The van der Waals surface area contributed by atoms with Crippen molar-refractivity contribution >= 4 is 11.6 Å². The first kappa shape index (κ1) is 22.8. The van der Waals surface area contributed by atoms with Crippen LogP contribution in [0.1, 0.15) is 48.4 Å². The molecule has 1 atom stereocenters. The number of nitrogens with zero attached hydrogens (tertiary/aromatic N) is 2. The third-order valence-corrected chi connectivity index (χ3v) is 5.20. The number of amides is 1. The third-order valence-electron chi connectivity index (χ3n) is 5.20. The lowest BCUT2D eigenvalue weighted by Gasteiger charge is -2.32. The number of ether oxygens (including phenoxy) is 1. The maximum atomic E-state index is 13.7. The number of hydrogen-bond acceptors (Lipinski definition) is 4. The summed E-state index contributed by atoms with van der Waals surface area (Å²) in [5, 5.41) is 14.4. The summed E-state index contributed by atoms with van der Waals surface area (Å²) < 4.78 is 46.8. The summed E-state index contributed by atoms with van der Waals surface area (Å²) in [5.74, 6) is -0.574. The van der Waals surface area contributed by atoms with Crippen LogP contribution in [-0.2, 0) is 4.79 Å². The van der Waals surface area contributed by atoms with E-state index in [2.05, 4.69) is 5.10 Å². The lowest BCUT2D eigenvalue weighted by Crippen LogP contribution is -2.57. The molecule has 3 rings (SSSR count). The topological polar surface area (TPSA) is 62.1 Å². The highest BCUT2D eigenvalue weighted by molar-refractivity contribution is 6.03. The highest BCUT2D eigenvalue weighted by Crippen LogP contribution is 2.41. The minimum Gasteiger partial charge on any atom is -0.483 e. The Morgan fingerprint density at radius 2 is 1.77 bits per heavy atom. The molecule has 0 bridgehead atoms. The fourth-order valence-electron chi connectivity index (χ4n) is 3.38. The Bertz CT molecular complexity index is 1000. The molecule has 2 aromatic rings. The zero-order valence-corrected chi connectivity index (χ0v) is 17.8. The third kappa shape index (κ3) is 4.58. The summed E-state index contributed by atoms with van der Waals surface area (Å²) in [7, 11) is 0. The number of hydrogen-bond donors (Lipinski definition) is 1. The molecule has 5 nitrogen and oxygen atoms in total. The van der Waals surface area contributed by atoms with Gasteiger partial charge in [-0.05, 0) is 42.5 Å². The van der Waals surface area contributed by atoms with E-state index in [1.165, 1.54) is 0 Å². The molecular weight excluding hydrogens is 409 g/mol. The van der Waals surface area contributed by atoms with Crippen LogP contribution >= 0.6 is 0 Å². The summed E-state index contributed by atoms with van der Waals surface area (Å²) in [6.45, 7) is 6.89. The first-order valence-corrected chi connectivity index (χ1v) is 9.92. The minimum absolute atomic E-state index is 0.0217. The molecule has 1 amide bonds. The van der Waals surface area contributed by atoms with E-state index in [0.717, 1.165) is 16.7 Å². The quantitative estimate of drug-likeness (QED) is 0.743. The van der Waals surface area contributed by atoms with Gasteiger partial charge in [-0.25, -0.2) is 0 Å². The van der Waals surface area contributed by atoms with Crippen LogP contribution in [0.2, 0.25) is 0 Å². The molecule has 31 heavy (non-hydrogen) atoms. The van der Waals surface area contributed by atoms with E-state index in [9.17, 15) is 23.1 Å². The van der Waals surface area contributed by atoms with Crippen LogP contribution < -0.4 is 4.74 Å². The lowest BCUT2D eigenvalue weighted by molar-refractivity contribution is -0.302. The van der Waals surface area contributed by atoms with Crippen LogP contribution in [0.15, 0.2) is 47.6 Å². The number of carbonyl (C=O) groups is 1. The van der Waals surface area contributed by atoms with Gasteiger partial charge < -0.3 is 9.84 Å². The molecule has 8 heteroatoms. The van der Waals surface area contributed by atoms with Gasteiger partial charge in [0.05, 0.1) is 12.1 Å². The minimum atomic E-state index is -5.09. The van der Waals surface area contributed by atoms with Crippen molar-refractivity contribution in [2.45, 2.75) is 51.9 Å². The number of aryl methyl sites for hydroxylation is 2. The van der Waals surface area contributed by atoms with Crippen LogP contribution in [0.5, 0.6) is 5.75 Å². The molecule has 0 aromatic heterocycles. The molecule has 0 spiro atoms. The van der Waals surface area contributed by atoms with Gasteiger partial charge in [0, 0.05) is 0 Å². The van der Waals surface area contributed by atoms with Gasteiger partial charge in [0.15, 0.2) is 6.61 Å². The summed E-state index contributed by atoms with van der Waals surface area (Å²) in [6.07, 6.45) is -5.95. The Balaban J connectivity index is 1.88. The van der Waals surface area contributed by atoms with Crippen molar-refractivity contribution in [3.8, 4) is 5.75 Å². The number of halogens is 3. The van der Waals surface area contributed by atoms with Gasteiger partial charge in [0.1, 0.15) is 5.75 Å². The number of hydrazone groups is 1. The monoisotopic (exact) mass is 434 g/mol. The lowest BCUT2D eigenvalue weighted by atomic mass is 10.00. The van der Waals surface area contributed by atoms with Crippen molar-refractivity contribution < 1.29 is 27.8 Å². The van der Waals surface area contributed by atoms with Crippen LogP contribution in [0, 0.1) is 13.8 Å². The molecule has 0 unspecified atom stereocenters. The first-order valence-electron chi connectivity index (χ1n) is 9.92. The molecule has 2 aromatic carbocycles. The molecule has 1 aliphatic rings. The van der Waals surface area contributed by atoms with E-state index in [-0.39, 0.29) is 16.6 Å². The average molecular weight is 434 g/mol. The molecule has 0 fully saturated rings. The highest BCUT2D eigenvalue weighted by atomic mass is 19.4. The maximum Gasteiger partial charge on any atom is 0.438 e. The molecule has 0 aliphatic carbocycles. The van der Waals surface area contributed by atoms with E-state index in [1.807, 2.05) is 39.8 Å². The van der Waals surface area contributed by atoms with Crippen molar-refractivity contribution in [2.24, 2.45) is 5.10 Å². The van der Waals surface area contributed by atoms with Crippen molar-refractivity contribution in [2.75, 3.05) is 6.61 Å². The summed E-state index contributed by atoms with van der Waals surface area (Å²) >= 11 is 0. The zero-order chi connectivity index (χ0) is 23.0. The van der Waals surface area contributed by atoms with E-state index < -0.39 is 30.8 Å². The normalized spacial score (nSPS) is 19.0. The largest absolute Gasteiger partial charge is 0.483 e. The van der Waals surface area contributed by atoms with Gasteiger partial charge in [-0.15, -0.1) is 0 Å². The van der Waals surface area contributed by atoms with Crippen LogP contribution in [0.4, 0.5) is 13.2 Å². The van der Waals surface area contributed by atoms with Crippen molar-refractivity contribution in [3.63, 3.8) is 0 Å². The number of alkyl halides is 3. The van der Waals surface area contributed by atoms with E-state index >= 15 is 0 Å². The smallest absolute Gasteiger partial charge is 0.438 e. The van der Waals surface area contributed by atoms with Crippen LogP contribution in [-0.4, -0.2) is 40.2 Å². The fourth-order valence-corrected chi connectivity index (χ4v) is 3.38. The van der Waals surface area contributed by atoms with Gasteiger partial charge in [0.2, 0.25) is 0 Å². The zero-order valence-electron chi connectivity index (χ0n) is 17.8. The standard InChI is InChI=1S/C23H25F3N2O3/c1-14(2)18-10-7-16(4)11-20(18)31-13-21(29)28-22(30,23(24,25)26)12-19(27-28)17-8-5-15(3)6-9-17/h5-11,14,30H,12-13H2,1-4H3/t22-/m1/s1. The van der Waals surface area contributed by atoms with Crippen LogP contribution in [0.25, 0.3) is 0 Å². The average Bonchev–Trinajstić information content (AvgIpc) is 3.05. The second-order valence-electron chi connectivity index (χ2n) is 8.09. The van der Waals surface area contributed by atoms with Gasteiger partial charge in [-0.1, -0.05) is 55.8 Å². The molecule has 1 heterocycles. The number of aliphatic hydroxyl groups is 1. The predicted octanol–water partition coefficient (Wildman–Crippen LogP) is 4.69. The Morgan fingerprint density at radius 1 is 1.16 bits per heavy atom. The number of benzene rings is 2. The van der Waals surface area contributed by atoms with Crippen molar-refractivity contribution in [1.29, 1.82) is 0 Å². The Hall–Kier alpha value is -2.87. The predicted molar refractivity (Wildman–Crippen MR) is 111 cm³/mol. The molecule has 1 aliphatic heterocycles. The van der Waals surface area contributed by atoms with E-state index in [1.54, 1.807) is 30.3 Å². The molecule has 1 N–H and O–H groups in total. The van der Waals surface area contributed by atoms with E-state index in [0.29, 0.717) is 11.3 Å². The Kier molecular flexibility index (Phi) is 6.14. The van der Waals surface area contributed by atoms with Gasteiger partial charge in [-0.3, -0.25) is 4.79 Å². The van der Waals surface area contributed by atoms with Crippen molar-refractivity contribution in [1.82, 2.24) is 5.01 Å². The molecule has 0 radical (unpaired) electrons. The van der Waals surface area contributed by atoms with Crippen molar-refractivity contribution in [3.05, 3.63) is 64.7 Å². The number of carbonyl (C=O) groups excluding carboxylic acids is 1. The molecule has 166 valence electrons. The molecular formula is C23H25F3N2O3. The Morgan fingerprint density at radius 3 is 2.35 bits per heavy atom. The molecule has 0 saturated heterocycles. The second-order valence-corrected chi connectivity index (χ2v) is 8.09. The highest BCUT2D eigenvalue weighted by Gasteiger charge is 2.63. The second kappa shape index (κ2) is 8.34. The molecule has 0 saturated carbocycles. The van der Waals surface area contributed by atoms with Gasteiger partial charge >= 0.3 is 6.18 Å². The Labute approximate surface area is 179 Å². The summed E-state index contributed by atoms with van der Waals surface area (Å²) in [6, 6.07) is 12.1. The van der Waals surface area contributed by atoms with Crippen LogP contribution in [0.3, 0.4) is 0 Å². The summed E-state index contributed by atoms with van der Waals surface area (Å²) in [4.78, 5) is 12.7. The maximum absolute atomic E-state index is 13.7. The van der Waals surface area contributed by atoms with Gasteiger partial charge in [-0.2, -0.15) is 23.3 Å². The number of rotatable bonds is 5.